The molecule has 0 aliphatic carbocycles. The van der Waals surface area contributed by atoms with Crippen LogP contribution in [0.25, 0.3) is 22.3 Å². The first-order valence-corrected chi connectivity index (χ1v) is 24.8. The van der Waals surface area contributed by atoms with E-state index in [0.717, 1.165) is 0 Å². The molecule has 1 fully saturated rings. The number of hydrogen-bond acceptors (Lipinski definition) is 13. The molecule has 0 spiro atoms. The number of aromatic nitrogens is 2. The number of cyclic esters (lactones) is 1. The number of alkyl carbamates (subject to hydrolysis) is 1. The Morgan fingerprint density at radius 1 is 0.959 bits per heavy atom. The van der Waals surface area contributed by atoms with E-state index in [1.54, 1.807) is 64.1 Å². The molecule has 5 heterocycles. The number of carbonyl (C=O) groups is 8. The number of halogens is 1. The number of anilines is 1. The fourth-order valence-corrected chi connectivity index (χ4v) is 9.53. The van der Waals surface area contributed by atoms with E-state index < -0.39 is 53.4 Å². The molecule has 388 valence electrons. The number of hydrogen-bond donors (Lipinski definition) is 7. The molecule has 0 saturated carbocycles. The molecule has 20 nitrogen and oxygen atoms in total. The van der Waals surface area contributed by atoms with Crippen LogP contribution in [0.15, 0.2) is 42.5 Å². The molecular weight excluding hydrogens is 966 g/mol. The van der Waals surface area contributed by atoms with Crippen molar-refractivity contribution in [1.29, 1.82) is 0 Å². The predicted molar refractivity (Wildman–Crippen MR) is 266 cm³/mol. The van der Waals surface area contributed by atoms with Crippen molar-refractivity contribution in [2.45, 2.75) is 129 Å². The molecule has 7 rings (SSSR count). The summed E-state index contributed by atoms with van der Waals surface area (Å²) in [6, 6.07) is 8.34. The number of primary amides is 1. The third-order valence-corrected chi connectivity index (χ3v) is 13.9. The molecule has 4 aromatic rings. The zero-order chi connectivity index (χ0) is 52.7. The van der Waals surface area contributed by atoms with Gasteiger partial charge in [-0.05, 0) is 85.9 Å². The van der Waals surface area contributed by atoms with Crippen LogP contribution in [0, 0.1) is 23.3 Å². The highest BCUT2D eigenvalue weighted by Crippen LogP contribution is 2.43. The number of carbonyl (C=O) groups excluding carboxylic acids is 8. The minimum Gasteiger partial charge on any atom is -0.458 e. The molecule has 0 radical (unpaired) electrons. The van der Waals surface area contributed by atoms with Crippen LogP contribution in [-0.2, 0) is 70.1 Å². The van der Waals surface area contributed by atoms with Gasteiger partial charge in [0, 0.05) is 72.7 Å². The molecule has 2 aromatic heterocycles. The van der Waals surface area contributed by atoms with E-state index in [1.165, 1.54) is 11.0 Å². The third-order valence-electron chi connectivity index (χ3n) is 13.4. The van der Waals surface area contributed by atoms with Crippen LogP contribution in [0.2, 0.25) is 0 Å². The minimum atomic E-state index is -1.91. The van der Waals surface area contributed by atoms with Crippen molar-refractivity contribution in [3.63, 3.8) is 0 Å². The molecule has 3 atom stereocenters. The van der Waals surface area contributed by atoms with Crippen LogP contribution in [0.4, 0.5) is 19.7 Å². The van der Waals surface area contributed by atoms with Crippen LogP contribution in [0.1, 0.15) is 112 Å². The molecule has 73 heavy (non-hydrogen) atoms. The van der Waals surface area contributed by atoms with E-state index in [1.807, 2.05) is 4.57 Å². The van der Waals surface area contributed by atoms with Crippen molar-refractivity contribution >= 4 is 76.4 Å². The summed E-state index contributed by atoms with van der Waals surface area (Å²) in [7, 11) is 0. The van der Waals surface area contributed by atoms with Crippen LogP contribution in [-0.4, -0.2) is 92.4 Å². The lowest BCUT2D eigenvalue weighted by Gasteiger charge is -2.32. The maximum Gasteiger partial charge on any atom is 0.407 e. The number of nitrogens with one attached hydrogen (secondary N) is 5. The number of ether oxygens (including phenoxy) is 2. The molecule has 0 bridgehead atoms. The number of urea groups is 1. The Hall–Kier alpha value is -7.33. The number of nitrogens with two attached hydrogens (primary N) is 1. The largest absolute Gasteiger partial charge is 0.458 e. The van der Waals surface area contributed by atoms with Gasteiger partial charge in [-0.25, -0.2) is 23.8 Å². The third kappa shape index (κ3) is 12.1. The van der Waals surface area contributed by atoms with Gasteiger partial charge in [-0.2, -0.15) is 0 Å². The van der Waals surface area contributed by atoms with E-state index in [9.17, 15) is 47.9 Å². The molecule has 2 aromatic carbocycles. The summed E-state index contributed by atoms with van der Waals surface area (Å²) in [6.07, 6.45) is 1.86. The Kier molecular flexibility index (Phi) is 16.9. The van der Waals surface area contributed by atoms with E-state index in [-0.39, 0.29) is 95.0 Å². The molecule has 8 amide bonds. The lowest BCUT2D eigenvalue weighted by molar-refractivity contribution is -0.172. The second-order valence-corrected chi connectivity index (χ2v) is 19.2. The van der Waals surface area contributed by atoms with Crippen LogP contribution < -0.4 is 32.3 Å². The average Bonchev–Trinajstić information content (AvgIpc) is 3.89. The minimum absolute atomic E-state index is 0.0347. The van der Waals surface area contributed by atoms with Crippen LogP contribution in [0.3, 0.4) is 0 Å². The number of amides is 8. The van der Waals surface area contributed by atoms with E-state index in [2.05, 4.69) is 26.6 Å². The zero-order valence-corrected chi connectivity index (χ0v) is 41.9. The Bertz CT molecular complexity index is 2910. The van der Waals surface area contributed by atoms with Gasteiger partial charge in [-0.15, -0.1) is 0 Å². The molecule has 8 N–H and O–H groups in total. The summed E-state index contributed by atoms with van der Waals surface area (Å²) in [5.41, 5.74) is 8.13. The van der Waals surface area contributed by atoms with Gasteiger partial charge in [0.1, 0.15) is 35.8 Å². The van der Waals surface area contributed by atoms with Crippen molar-refractivity contribution in [3.05, 3.63) is 86.3 Å². The predicted octanol–water partition coefficient (Wildman–Crippen LogP) is 5.04. The quantitative estimate of drug-likeness (QED) is 0.0220. The topological polar surface area (TPSA) is 282 Å². The van der Waals surface area contributed by atoms with Gasteiger partial charge in [-0.3, -0.25) is 28.9 Å². The number of nitrogens with zero attached hydrogens (tertiary/aromatic N) is 3. The van der Waals surface area contributed by atoms with E-state index >= 15 is 0 Å². The number of pyridine rings is 2. The highest BCUT2D eigenvalue weighted by molar-refractivity contribution is 7.71. The van der Waals surface area contributed by atoms with E-state index in [4.69, 9.17) is 32.4 Å². The van der Waals surface area contributed by atoms with Crippen molar-refractivity contribution in [3.8, 4) is 11.4 Å². The monoisotopic (exact) mass is 1030 g/mol. The summed E-state index contributed by atoms with van der Waals surface area (Å²) in [4.78, 5) is 107. The molecule has 3 aliphatic rings. The zero-order valence-electron chi connectivity index (χ0n) is 41.1. The number of esters is 1. The summed E-state index contributed by atoms with van der Waals surface area (Å²) in [5, 5.41) is 25.6. The molecule has 3 aliphatic heterocycles. The Morgan fingerprint density at radius 3 is 2.37 bits per heavy atom. The van der Waals surface area contributed by atoms with Crippen molar-refractivity contribution in [2.24, 2.45) is 11.7 Å². The molecule has 0 unspecified atom stereocenters. The standard InChI is InChI=1S/C51H60FN9O11S/c1-5-51(70)35-21-39-44-33(24-61(39)47(73)34(35)26-71-48(51)67)32(31-20-28(4)36(52)22-38(31)57-44)23-55-50(69)72-25-29-12-14-30(15-13-29)56-45(65)37(10-9-18-54-49(53)68)58-46(66)43(27(2)3)59-40(62)11-7-6-8-19-60-41(63)16-17-42(60)64/h12-15,20-22,27,37,43,70H,5-11,16-19,23-26H2,1-4H3,(H,55,69)(H,56,65)(H,58,66)(H,59,62)(H3,53,54,68)/t37-,43-,51-/m0/s1. The highest BCUT2D eigenvalue weighted by atomic mass is 32.1. The van der Waals surface area contributed by atoms with Gasteiger partial charge in [-0.1, -0.05) is 51.5 Å². The SMILES string of the molecule is CC[C@@]1(O)C(=O)OCc2c1cc1n(c2=S)Cc2c-1nc1cc(F)c(C)cc1c2CNC(=O)OCc1ccc(NC(=O)[C@H](CCCNC(N)=O)NC(=O)[C@@H](NC(=O)CCCCCN2C(=O)CCC2=O)C(C)C)cc1. The lowest BCUT2D eigenvalue weighted by atomic mass is 9.86. The number of fused-ring (bicyclic) bond motifs is 5. The highest BCUT2D eigenvalue weighted by Gasteiger charge is 2.45. The van der Waals surface area contributed by atoms with Gasteiger partial charge >= 0.3 is 18.1 Å². The van der Waals surface area contributed by atoms with Crippen molar-refractivity contribution < 1.29 is 57.3 Å². The Balaban J connectivity index is 0.959. The first-order chi connectivity index (χ1) is 34.8. The Labute approximate surface area is 425 Å². The van der Waals surface area contributed by atoms with Gasteiger partial charge in [0.25, 0.3) is 0 Å². The number of aryl methyl sites for hydroxylation is 1. The van der Waals surface area contributed by atoms with Gasteiger partial charge < -0.3 is 51.5 Å². The average molecular weight is 1030 g/mol. The summed E-state index contributed by atoms with van der Waals surface area (Å²) >= 11 is 5.87. The second-order valence-electron chi connectivity index (χ2n) is 18.8. The summed E-state index contributed by atoms with van der Waals surface area (Å²) in [6.45, 7) is 7.21. The number of imide groups is 1. The number of aliphatic hydroxyl groups is 1. The first-order valence-electron chi connectivity index (χ1n) is 24.3. The van der Waals surface area contributed by atoms with Crippen LogP contribution in [0.5, 0.6) is 0 Å². The summed E-state index contributed by atoms with van der Waals surface area (Å²) < 4.78 is 28.1. The van der Waals surface area contributed by atoms with Gasteiger partial charge in [0.2, 0.25) is 29.5 Å². The first kappa shape index (κ1) is 53.5. The second kappa shape index (κ2) is 23.0. The Morgan fingerprint density at radius 2 is 1.68 bits per heavy atom. The van der Waals surface area contributed by atoms with Crippen molar-refractivity contribution in [1.82, 2.24) is 35.7 Å². The maximum absolute atomic E-state index is 15.0. The fourth-order valence-electron chi connectivity index (χ4n) is 9.20. The lowest BCUT2D eigenvalue weighted by Crippen LogP contribution is -2.54. The van der Waals surface area contributed by atoms with E-state index in [0.29, 0.717) is 91.8 Å². The number of rotatable bonds is 21. The van der Waals surface area contributed by atoms with Crippen LogP contribution >= 0.6 is 12.2 Å². The number of benzene rings is 2. The fraction of sp³-hybridized carbons (Fsp3) is 0.451. The molecule has 22 heteroatoms. The normalized spacial score (nSPS) is 16.5. The molecular formula is C51H60FN9O11S. The smallest absolute Gasteiger partial charge is 0.407 e. The van der Waals surface area contributed by atoms with Gasteiger partial charge in [0.05, 0.1) is 23.4 Å². The number of unbranched alkanes of at least 4 members (excludes halogenated alkanes) is 2. The number of likely N-dealkylation sites (tertiary alicyclic amines) is 1. The summed E-state index contributed by atoms with van der Waals surface area (Å²) in [5.74, 6) is -3.48. The van der Waals surface area contributed by atoms with Crippen molar-refractivity contribution in [2.75, 3.05) is 18.4 Å². The van der Waals surface area contributed by atoms with Gasteiger partial charge in [0.15, 0.2) is 5.60 Å². The molecule has 1 saturated heterocycles. The maximum atomic E-state index is 15.0.